The first-order chi connectivity index (χ1) is 9.19. The minimum absolute atomic E-state index is 0.226. The summed E-state index contributed by atoms with van der Waals surface area (Å²) in [6.07, 6.45) is 0. The molecule has 0 aliphatic carbocycles. The molecule has 0 saturated heterocycles. The molecule has 1 aromatic carbocycles. The number of carboxylic acids is 1. The lowest BCUT2D eigenvalue weighted by Crippen LogP contribution is -2.30. The monoisotopic (exact) mass is 314 g/mol. The Morgan fingerprint density at radius 2 is 1.95 bits per heavy atom. The second-order valence-electron chi connectivity index (χ2n) is 4.80. The van der Waals surface area contributed by atoms with Crippen molar-refractivity contribution in [3.05, 3.63) is 34.7 Å². The van der Waals surface area contributed by atoms with Crippen molar-refractivity contribution in [3.63, 3.8) is 0 Å². The maximum Gasteiger partial charge on any atom is 0.345 e. The van der Waals surface area contributed by atoms with Crippen LogP contribution in [0.5, 0.6) is 0 Å². The van der Waals surface area contributed by atoms with Crippen molar-refractivity contribution in [2.24, 2.45) is 0 Å². The molecule has 0 amide bonds. The number of benzene rings is 1. The van der Waals surface area contributed by atoms with E-state index in [4.69, 9.17) is 5.11 Å². The topological polar surface area (TPSA) is 80.7 Å². The molecule has 0 unspecified atom stereocenters. The zero-order chi connectivity index (χ0) is 15.1. The van der Waals surface area contributed by atoms with Gasteiger partial charge in [0.15, 0.2) is 0 Å². The fourth-order valence-corrected chi connectivity index (χ4v) is 3.64. The lowest BCUT2D eigenvalue weighted by atomic mass is 10.0. The first-order valence-corrected chi connectivity index (χ1v) is 7.99. The third-order valence-electron chi connectivity index (χ3n) is 3.27. The predicted octanol–water partition coefficient (Wildman–Crippen LogP) is 2.81. The van der Waals surface area contributed by atoms with E-state index in [1.807, 2.05) is 0 Å². The average Bonchev–Trinajstić information content (AvgIpc) is 2.81. The lowest BCUT2D eigenvalue weighted by Gasteiger charge is -2.23. The second kappa shape index (κ2) is 4.83. The highest BCUT2D eigenvalue weighted by Crippen LogP contribution is 2.35. The maximum atomic E-state index is 12.0. The first kappa shape index (κ1) is 15.0. The SMILES string of the molecule is COS(=O)(=O)C(C)(C)c1ccc2cc(C(=O)O)sc2c1. The van der Waals surface area contributed by atoms with Gasteiger partial charge in [0, 0.05) is 4.70 Å². The number of thiophene rings is 1. The molecule has 0 spiro atoms. The van der Waals surface area contributed by atoms with Gasteiger partial charge in [0.2, 0.25) is 0 Å². The van der Waals surface area contributed by atoms with Gasteiger partial charge in [0.05, 0.1) is 7.11 Å². The Balaban J connectivity index is 2.59. The molecular formula is C13H14O5S2. The summed E-state index contributed by atoms with van der Waals surface area (Å²) in [7, 11) is -2.61. The van der Waals surface area contributed by atoms with Gasteiger partial charge < -0.3 is 5.11 Å². The van der Waals surface area contributed by atoms with E-state index in [2.05, 4.69) is 4.18 Å². The standard InChI is InChI=1S/C13H14O5S2/c1-13(2,20(16,17)18-3)9-5-4-8-6-11(12(14)15)19-10(8)7-9/h4-7H,1-3H3,(H,14,15). The van der Waals surface area contributed by atoms with Gasteiger partial charge in [0.25, 0.3) is 10.1 Å². The summed E-state index contributed by atoms with van der Waals surface area (Å²) >= 11 is 1.12. The van der Waals surface area contributed by atoms with Crippen LogP contribution >= 0.6 is 11.3 Å². The summed E-state index contributed by atoms with van der Waals surface area (Å²) in [5, 5.41) is 9.76. The molecule has 0 atom stereocenters. The van der Waals surface area contributed by atoms with Gasteiger partial charge in [0.1, 0.15) is 9.62 Å². The van der Waals surface area contributed by atoms with Crippen molar-refractivity contribution in [2.45, 2.75) is 18.6 Å². The van der Waals surface area contributed by atoms with Gasteiger partial charge in [-0.25, -0.2) is 4.79 Å². The van der Waals surface area contributed by atoms with E-state index in [0.717, 1.165) is 28.5 Å². The molecule has 2 aromatic rings. The second-order valence-corrected chi connectivity index (χ2v) is 8.15. The smallest absolute Gasteiger partial charge is 0.345 e. The van der Waals surface area contributed by atoms with Crippen LogP contribution in [-0.4, -0.2) is 26.6 Å². The molecule has 7 heteroatoms. The van der Waals surface area contributed by atoms with Crippen LogP contribution in [0.3, 0.4) is 0 Å². The van der Waals surface area contributed by atoms with Crippen molar-refractivity contribution >= 4 is 37.5 Å². The fourth-order valence-electron chi connectivity index (χ4n) is 1.86. The molecule has 1 N–H and O–H groups in total. The van der Waals surface area contributed by atoms with Crippen molar-refractivity contribution in [1.29, 1.82) is 0 Å². The minimum Gasteiger partial charge on any atom is -0.477 e. The summed E-state index contributed by atoms with van der Waals surface area (Å²) in [6.45, 7) is 3.11. The Morgan fingerprint density at radius 1 is 1.30 bits per heavy atom. The minimum atomic E-state index is -3.74. The molecule has 5 nitrogen and oxygen atoms in total. The Kier molecular flexibility index (Phi) is 3.62. The van der Waals surface area contributed by atoms with Crippen LogP contribution in [-0.2, 0) is 19.0 Å². The highest BCUT2D eigenvalue weighted by atomic mass is 32.2. The summed E-state index contributed by atoms with van der Waals surface area (Å²) < 4.78 is 28.0. The molecule has 0 aliphatic heterocycles. The molecule has 0 aliphatic rings. The quantitative estimate of drug-likeness (QED) is 0.878. The van der Waals surface area contributed by atoms with Gasteiger partial charge in [-0.15, -0.1) is 11.3 Å². The highest BCUT2D eigenvalue weighted by molar-refractivity contribution is 7.87. The van der Waals surface area contributed by atoms with Crippen LogP contribution in [0.25, 0.3) is 10.1 Å². The Hall–Kier alpha value is -1.44. The Bertz CT molecular complexity index is 771. The largest absolute Gasteiger partial charge is 0.477 e. The van der Waals surface area contributed by atoms with E-state index in [1.165, 1.54) is 0 Å². The van der Waals surface area contributed by atoms with E-state index in [0.29, 0.717) is 5.56 Å². The molecule has 0 fully saturated rings. The van der Waals surface area contributed by atoms with Crippen LogP contribution < -0.4 is 0 Å². The van der Waals surface area contributed by atoms with Gasteiger partial charge in [-0.3, -0.25) is 4.18 Å². The lowest BCUT2D eigenvalue weighted by molar-refractivity contribution is 0.0702. The molecule has 20 heavy (non-hydrogen) atoms. The normalized spacial score (nSPS) is 12.8. The van der Waals surface area contributed by atoms with Gasteiger partial charge in [-0.2, -0.15) is 8.42 Å². The van der Waals surface area contributed by atoms with Crippen molar-refractivity contribution < 1.29 is 22.5 Å². The van der Waals surface area contributed by atoms with Gasteiger partial charge in [-0.1, -0.05) is 12.1 Å². The summed E-state index contributed by atoms with van der Waals surface area (Å²) in [5.74, 6) is -0.989. The van der Waals surface area contributed by atoms with Crippen molar-refractivity contribution in [2.75, 3.05) is 7.11 Å². The summed E-state index contributed by atoms with van der Waals surface area (Å²) in [5.41, 5.74) is 0.561. The van der Waals surface area contributed by atoms with E-state index >= 15 is 0 Å². The van der Waals surface area contributed by atoms with Crippen molar-refractivity contribution in [1.82, 2.24) is 0 Å². The molecule has 0 saturated carbocycles. The third kappa shape index (κ3) is 2.32. The third-order valence-corrected chi connectivity index (χ3v) is 6.28. The first-order valence-electron chi connectivity index (χ1n) is 5.76. The molecule has 108 valence electrons. The van der Waals surface area contributed by atoms with E-state index in [1.54, 1.807) is 38.1 Å². The fraction of sp³-hybridized carbons (Fsp3) is 0.308. The zero-order valence-electron chi connectivity index (χ0n) is 11.2. The Labute approximate surface area is 120 Å². The number of rotatable bonds is 4. The van der Waals surface area contributed by atoms with Crippen LogP contribution in [0.4, 0.5) is 0 Å². The zero-order valence-corrected chi connectivity index (χ0v) is 12.8. The number of carbonyl (C=O) groups is 1. The van der Waals surface area contributed by atoms with Crippen LogP contribution in [0.2, 0.25) is 0 Å². The maximum absolute atomic E-state index is 12.0. The number of carboxylic acid groups (broad SMARTS) is 1. The molecular weight excluding hydrogens is 300 g/mol. The number of hydrogen-bond donors (Lipinski definition) is 1. The number of fused-ring (bicyclic) bond motifs is 1. The predicted molar refractivity (Wildman–Crippen MR) is 77.7 cm³/mol. The number of aromatic carboxylic acids is 1. The van der Waals surface area contributed by atoms with Crippen LogP contribution in [0, 0.1) is 0 Å². The van der Waals surface area contributed by atoms with Gasteiger partial charge in [-0.05, 0) is 36.9 Å². The molecule has 1 aromatic heterocycles. The van der Waals surface area contributed by atoms with E-state index in [-0.39, 0.29) is 4.88 Å². The highest BCUT2D eigenvalue weighted by Gasteiger charge is 2.36. The van der Waals surface area contributed by atoms with Gasteiger partial charge >= 0.3 is 5.97 Å². The van der Waals surface area contributed by atoms with E-state index in [9.17, 15) is 13.2 Å². The number of hydrogen-bond acceptors (Lipinski definition) is 5. The molecule has 2 rings (SSSR count). The Morgan fingerprint density at radius 3 is 2.50 bits per heavy atom. The van der Waals surface area contributed by atoms with Crippen LogP contribution in [0.15, 0.2) is 24.3 Å². The van der Waals surface area contributed by atoms with Crippen molar-refractivity contribution in [3.8, 4) is 0 Å². The van der Waals surface area contributed by atoms with E-state index < -0.39 is 20.8 Å². The molecule has 0 bridgehead atoms. The van der Waals surface area contributed by atoms with Crippen LogP contribution in [0.1, 0.15) is 29.1 Å². The molecule has 1 heterocycles. The molecule has 0 radical (unpaired) electrons. The average molecular weight is 314 g/mol. The summed E-state index contributed by atoms with van der Waals surface area (Å²) in [6, 6.07) is 6.67. The summed E-state index contributed by atoms with van der Waals surface area (Å²) in [4.78, 5) is 11.2.